The Labute approximate surface area is 169 Å². The molecule has 1 atom stereocenters. The van der Waals surface area contributed by atoms with Gasteiger partial charge >= 0.3 is 6.03 Å². The van der Waals surface area contributed by atoms with Crippen molar-refractivity contribution in [2.45, 2.75) is 83.2 Å². The van der Waals surface area contributed by atoms with Crippen LogP contribution in [0.2, 0.25) is 0 Å². The summed E-state index contributed by atoms with van der Waals surface area (Å²) in [5.41, 5.74) is 1.90. The van der Waals surface area contributed by atoms with E-state index >= 15 is 0 Å². The molecule has 5 nitrogen and oxygen atoms in total. The summed E-state index contributed by atoms with van der Waals surface area (Å²) in [5, 5.41) is 6.23. The molecule has 2 fully saturated rings. The number of carbonyl (C=O) groups is 2. The molecule has 28 heavy (non-hydrogen) atoms. The van der Waals surface area contributed by atoms with Crippen molar-refractivity contribution in [3.8, 4) is 0 Å². The Morgan fingerprint density at radius 2 is 1.79 bits per heavy atom. The second kappa shape index (κ2) is 9.94. The smallest absolute Gasteiger partial charge is 0.317 e. The molecule has 5 heteroatoms. The van der Waals surface area contributed by atoms with Gasteiger partial charge in [-0.1, -0.05) is 37.8 Å². The van der Waals surface area contributed by atoms with Gasteiger partial charge in [-0.25, -0.2) is 4.79 Å². The first-order valence-corrected chi connectivity index (χ1v) is 11.0. The van der Waals surface area contributed by atoms with Gasteiger partial charge in [0.15, 0.2) is 0 Å². The number of nitrogens with one attached hydrogen (secondary N) is 2. The van der Waals surface area contributed by atoms with E-state index in [1.165, 1.54) is 25.7 Å². The van der Waals surface area contributed by atoms with Crippen molar-refractivity contribution < 1.29 is 9.59 Å². The first-order chi connectivity index (χ1) is 13.5. The van der Waals surface area contributed by atoms with Gasteiger partial charge in [0.2, 0.25) is 0 Å². The second-order valence-corrected chi connectivity index (χ2v) is 8.68. The van der Waals surface area contributed by atoms with E-state index in [1.54, 1.807) is 0 Å². The Morgan fingerprint density at radius 3 is 2.50 bits per heavy atom. The summed E-state index contributed by atoms with van der Waals surface area (Å²) in [4.78, 5) is 27.0. The predicted molar refractivity (Wildman–Crippen MR) is 113 cm³/mol. The number of urea groups is 1. The van der Waals surface area contributed by atoms with E-state index in [1.807, 2.05) is 36.9 Å². The van der Waals surface area contributed by atoms with Crippen LogP contribution in [0.5, 0.6) is 0 Å². The molecule has 2 aliphatic rings. The molecule has 0 aromatic heterocycles. The summed E-state index contributed by atoms with van der Waals surface area (Å²) in [6, 6.07) is 8.47. The van der Waals surface area contributed by atoms with Gasteiger partial charge < -0.3 is 15.5 Å². The lowest BCUT2D eigenvalue weighted by molar-refractivity contribution is 0.0933. The van der Waals surface area contributed by atoms with Gasteiger partial charge in [-0.2, -0.15) is 0 Å². The molecule has 1 aromatic rings. The SMILES string of the molecule is CC(C)NC(=O)N1CCCC(c2cccc(C(=O)NC3CCCCCC3)c2)C1. The predicted octanol–water partition coefficient (Wildman–Crippen LogP) is 4.44. The van der Waals surface area contributed by atoms with Crippen LogP contribution >= 0.6 is 0 Å². The zero-order chi connectivity index (χ0) is 19.9. The van der Waals surface area contributed by atoms with Crippen LogP contribution in [-0.4, -0.2) is 42.0 Å². The second-order valence-electron chi connectivity index (χ2n) is 8.68. The maximum absolute atomic E-state index is 12.8. The molecule has 0 radical (unpaired) electrons. The fourth-order valence-corrected chi connectivity index (χ4v) is 4.40. The minimum Gasteiger partial charge on any atom is -0.349 e. The highest BCUT2D eigenvalue weighted by Crippen LogP contribution is 2.28. The van der Waals surface area contributed by atoms with E-state index in [0.29, 0.717) is 12.6 Å². The standard InChI is InChI=1S/C23H35N3O2/c1-17(2)24-23(28)26-14-8-11-20(16-26)18-9-7-10-19(15-18)22(27)25-21-12-5-3-4-6-13-21/h7,9-10,15,17,20-21H,3-6,8,11-14,16H2,1-2H3,(H,24,28)(H,25,27). The number of benzene rings is 1. The molecule has 0 bridgehead atoms. The lowest BCUT2D eigenvalue weighted by atomic mass is 9.89. The molecular weight excluding hydrogens is 350 g/mol. The van der Waals surface area contributed by atoms with E-state index in [9.17, 15) is 9.59 Å². The number of piperidine rings is 1. The summed E-state index contributed by atoms with van der Waals surface area (Å²) in [7, 11) is 0. The number of likely N-dealkylation sites (tertiary alicyclic amines) is 1. The summed E-state index contributed by atoms with van der Waals surface area (Å²) in [6.45, 7) is 5.48. The normalized spacial score (nSPS) is 21.2. The van der Waals surface area contributed by atoms with Crippen LogP contribution in [0, 0.1) is 0 Å². The number of amides is 3. The summed E-state index contributed by atoms with van der Waals surface area (Å²) < 4.78 is 0. The average molecular weight is 386 g/mol. The van der Waals surface area contributed by atoms with Crippen LogP contribution in [0.3, 0.4) is 0 Å². The van der Waals surface area contributed by atoms with Gasteiger partial charge in [-0.05, 0) is 57.2 Å². The summed E-state index contributed by atoms with van der Waals surface area (Å²) >= 11 is 0. The summed E-state index contributed by atoms with van der Waals surface area (Å²) in [6.07, 6.45) is 9.22. The number of hydrogen-bond acceptors (Lipinski definition) is 2. The third kappa shape index (κ3) is 5.73. The third-order valence-electron chi connectivity index (χ3n) is 5.93. The fourth-order valence-electron chi connectivity index (χ4n) is 4.40. The van der Waals surface area contributed by atoms with Gasteiger partial charge in [0.05, 0.1) is 0 Å². The molecule has 1 heterocycles. The van der Waals surface area contributed by atoms with E-state index in [-0.39, 0.29) is 23.9 Å². The van der Waals surface area contributed by atoms with Crippen LogP contribution in [-0.2, 0) is 0 Å². The van der Waals surface area contributed by atoms with E-state index < -0.39 is 0 Å². The maximum atomic E-state index is 12.8. The summed E-state index contributed by atoms with van der Waals surface area (Å²) in [5.74, 6) is 0.330. The highest BCUT2D eigenvalue weighted by Gasteiger charge is 2.25. The maximum Gasteiger partial charge on any atom is 0.317 e. The van der Waals surface area contributed by atoms with E-state index in [0.717, 1.165) is 43.4 Å². The van der Waals surface area contributed by atoms with Crippen LogP contribution < -0.4 is 10.6 Å². The van der Waals surface area contributed by atoms with Gasteiger partial charge in [-0.15, -0.1) is 0 Å². The van der Waals surface area contributed by atoms with Crippen LogP contribution in [0.4, 0.5) is 4.79 Å². The third-order valence-corrected chi connectivity index (χ3v) is 5.93. The molecule has 1 aliphatic heterocycles. The monoisotopic (exact) mass is 385 g/mol. The van der Waals surface area contributed by atoms with Crippen molar-refractivity contribution in [2.75, 3.05) is 13.1 Å². The van der Waals surface area contributed by atoms with Gasteiger partial charge in [0.25, 0.3) is 5.91 Å². The Bertz CT molecular complexity index is 666. The Kier molecular flexibility index (Phi) is 7.35. The zero-order valence-electron chi connectivity index (χ0n) is 17.4. The average Bonchev–Trinajstić information content (AvgIpc) is 2.96. The van der Waals surface area contributed by atoms with Crippen molar-refractivity contribution in [1.82, 2.24) is 15.5 Å². The van der Waals surface area contributed by atoms with E-state index in [2.05, 4.69) is 16.7 Å². The van der Waals surface area contributed by atoms with Gasteiger partial charge in [0, 0.05) is 36.7 Å². The molecule has 1 unspecified atom stereocenters. The molecular formula is C23H35N3O2. The Hall–Kier alpha value is -2.04. The molecule has 1 aromatic carbocycles. The zero-order valence-corrected chi connectivity index (χ0v) is 17.4. The Balaban J connectivity index is 1.63. The number of rotatable bonds is 4. The quantitative estimate of drug-likeness (QED) is 0.753. The lowest BCUT2D eigenvalue weighted by Crippen LogP contribution is -2.47. The van der Waals surface area contributed by atoms with Crippen molar-refractivity contribution in [3.05, 3.63) is 35.4 Å². The van der Waals surface area contributed by atoms with Gasteiger partial charge in [0.1, 0.15) is 0 Å². The molecule has 154 valence electrons. The molecule has 3 rings (SSSR count). The molecule has 1 saturated heterocycles. The van der Waals surface area contributed by atoms with Crippen LogP contribution in [0.1, 0.15) is 87.1 Å². The molecule has 2 N–H and O–H groups in total. The van der Waals surface area contributed by atoms with Crippen LogP contribution in [0.15, 0.2) is 24.3 Å². The largest absolute Gasteiger partial charge is 0.349 e. The first-order valence-electron chi connectivity index (χ1n) is 11.0. The molecule has 3 amide bonds. The minimum atomic E-state index is 0.0157. The number of nitrogens with zero attached hydrogens (tertiary/aromatic N) is 1. The van der Waals surface area contributed by atoms with Crippen LogP contribution in [0.25, 0.3) is 0 Å². The topological polar surface area (TPSA) is 61.4 Å². The molecule has 1 aliphatic carbocycles. The van der Waals surface area contributed by atoms with Gasteiger partial charge in [-0.3, -0.25) is 4.79 Å². The number of carbonyl (C=O) groups excluding carboxylic acids is 2. The fraction of sp³-hybridized carbons (Fsp3) is 0.652. The number of hydrogen-bond donors (Lipinski definition) is 2. The minimum absolute atomic E-state index is 0.0157. The first kappa shape index (κ1) is 20.7. The highest BCUT2D eigenvalue weighted by molar-refractivity contribution is 5.94. The van der Waals surface area contributed by atoms with Crippen molar-refractivity contribution in [2.24, 2.45) is 0 Å². The van der Waals surface area contributed by atoms with Crippen molar-refractivity contribution in [1.29, 1.82) is 0 Å². The van der Waals surface area contributed by atoms with Crippen molar-refractivity contribution in [3.63, 3.8) is 0 Å². The Morgan fingerprint density at radius 1 is 1.04 bits per heavy atom. The highest BCUT2D eigenvalue weighted by atomic mass is 16.2. The molecule has 1 saturated carbocycles. The van der Waals surface area contributed by atoms with Crippen molar-refractivity contribution >= 4 is 11.9 Å². The lowest BCUT2D eigenvalue weighted by Gasteiger charge is -2.33. The van der Waals surface area contributed by atoms with E-state index in [4.69, 9.17) is 0 Å². The molecule has 0 spiro atoms.